The van der Waals surface area contributed by atoms with E-state index in [-0.39, 0.29) is 29.4 Å². The summed E-state index contributed by atoms with van der Waals surface area (Å²) in [7, 11) is 0.632. The predicted octanol–water partition coefficient (Wildman–Crippen LogP) is 1.25. The molecule has 26 heavy (non-hydrogen) atoms. The van der Waals surface area contributed by atoms with E-state index in [0.717, 1.165) is 4.31 Å². The minimum absolute atomic E-state index is 0.119. The normalized spacial score (nSPS) is 13.4. The van der Waals surface area contributed by atoms with Gasteiger partial charge >= 0.3 is 5.97 Å². The first-order valence-electron chi connectivity index (χ1n) is 7.95. The maximum absolute atomic E-state index is 12.1. The number of hydrogen-bond donors (Lipinski definition) is 0. The molecule has 0 radical (unpaired) electrons. The summed E-state index contributed by atoms with van der Waals surface area (Å²) in [5, 5.41) is 3.66. The molecule has 0 fully saturated rings. The number of carbonyl (C=O) groups excluding carboxylic acids is 2. The molecule has 0 saturated carbocycles. The number of nitrogens with zero attached hydrogens (tertiary/aromatic N) is 2. The highest BCUT2D eigenvalue weighted by Gasteiger charge is 2.29. The molecule has 1 rings (SSSR count). The standard InChI is InChI=1S/C17H24N2O6S/c1-6-25-17(21)16(18-24-5)15(12(2)20)11-13-7-9-14(10-8-13)26(22,23)19(3)4/h7-10,15H,6,11H2,1-5H3/b18-16-. The van der Waals surface area contributed by atoms with Crippen molar-refractivity contribution in [2.45, 2.75) is 25.2 Å². The molecule has 0 aromatic heterocycles. The molecule has 8 nitrogen and oxygen atoms in total. The van der Waals surface area contributed by atoms with Gasteiger partial charge in [0.2, 0.25) is 10.0 Å². The van der Waals surface area contributed by atoms with Crippen molar-refractivity contribution in [3.63, 3.8) is 0 Å². The maximum Gasteiger partial charge on any atom is 0.356 e. The van der Waals surface area contributed by atoms with E-state index in [1.54, 1.807) is 19.1 Å². The zero-order chi connectivity index (χ0) is 19.9. The van der Waals surface area contributed by atoms with E-state index in [2.05, 4.69) is 9.99 Å². The SMILES string of the molecule is CCOC(=O)/C(=N\OC)C(Cc1ccc(S(=O)(=O)N(C)C)cc1)C(C)=O. The summed E-state index contributed by atoms with van der Waals surface area (Å²) in [6.45, 7) is 3.14. The van der Waals surface area contributed by atoms with Crippen LogP contribution in [0.25, 0.3) is 0 Å². The van der Waals surface area contributed by atoms with E-state index < -0.39 is 21.9 Å². The molecule has 1 aromatic rings. The Hall–Kier alpha value is -2.26. The van der Waals surface area contributed by atoms with Gasteiger partial charge in [-0.15, -0.1) is 0 Å². The summed E-state index contributed by atoms with van der Waals surface area (Å²) < 4.78 is 30.3. The van der Waals surface area contributed by atoms with Crippen LogP contribution in [-0.2, 0) is 35.6 Å². The smallest absolute Gasteiger partial charge is 0.356 e. The minimum atomic E-state index is -3.54. The van der Waals surface area contributed by atoms with E-state index >= 15 is 0 Å². The van der Waals surface area contributed by atoms with Gasteiger partial charge in [0.05, 0.1) is 17.4 Å². The number of esters is 1. The second-order valence-electron chi connectivity index (χ2n) is 5.68. The predicted molar refractivity (Wildman–Crippen MR) is 96.3 cm³/mol. The lowest BCUT2D eigenvalue weighted by Gasteiger charge is -2.16. The van der Waals surface area contributed by atoms with E-state index in [4.69, 9.17) is 4.74 Å². The second kappa shape index (κ2) is 9.44. The Kier molecular flexibility index (Phi) is 7.91. The van der Waals surface area contributed by atoms with Gasteiger partial charge in [-0.25, -0.2) is 17.5 Å². The molecular formula is C17H24N2O6S. The zero-order valence-corrected chi connectivity index (χ0v) is 16.4. The average molecular weight is 384 g/mol. The second-order valence-corrected chi connectivity index (χ2v) is 7.83. The van der Waals surface area contributed by atoms with Crippen molar-refractivity contribution >= 4 is 27.5 Å². The first-order chi connectivity index (χ1) is 12.1. The van der Waals surface area contributed by atoms with E-state index in [9.17, 15) is 18.0 Å². The lowest BCUT2D eigenvalue weighted by Crippen LogP contribution is -2.32. The Morgan fingerprint density at radius 2 is 1.77 bits per heavy atom. The third kappa shape index (κ3) is 5.37. The van der Waals surface area contributed by atoms with E-state index in [1.807, 2.05) is 0 Å². The van der Waals surface area contributed by atoms with Crippen LogP contribution >= 0.6 is 0 Å². The number of benzene rings is 1. The van der Waals surface area contributed by atoms with Gasteiger partial charge in [-0.1, -0.05) is 17.3 Å². The molecule has 0 saturated heterocycles. The van der Waals surface area contributed by atoms with Crippen LogP contribution < -0.4 is 0 Å². The number of ether oxygens (including phenoxy) is 1. The summed E-state index contributed by atoms with van der Waals surface area (Å²) >= 11 is 0. The van der Waals surface area contributed by atoms with E-state index in [0.29, 0.717) is 5.56 Å². The van der Waals surface area contributed by atoms with Crippen LogP contribution in [0, 0.1) is 5.92 Å². The van der Waals surface area contributed by atoms with Crippen molar-refractivity contribution in [1.82, 2.24) is 4.31 Å². The third-order valence-corrected chi connectivity index (χ3v) is 5.47. The van der Waals surface area contributed by atoms with Crippen LogP contribution in [0.15, 0.2) is 34.3 Å². The van der Waals surface area contributed by atoms with Crippen LogP contribution in [0.3, 0.4) is 0 Å². The van der Waals surface area contributed by atoms with Crippen LogP contribution in [0.2, 0.25) is 0 Å². The van der Waals surface area contributed by atoms with Crippen LogP contribution in [0.5, 0.6) is 0 Å². The molecule has 144 valence electrons. The topological polar surface area (TPSA) is 102 Å². The largest absolute Gasteiger partial charge is 0.461 e. The van der Waals surface area contributed by atoms with Crippen LogP contribution in [-0.4, -0.2) is 58.0 Å². The summed E-state index contributed by atoms with van der Waals surface area (Å²) in [6, 6.07) is 6.11. The van der Waals surface area contributed by atoms with Gasteiger partial charge in [0.25, 0.3) is 0 Å². The fourth-order valence-corrected chi connectivity index (χ4v) is 3.13. The van der Waals surface area contributed by atoms with Gasteiger partial charge < -0.3 is 9.57 Å². The fraction of sp³-hybridized carbons (Fsp3) is 0.471. The molecule has 0 heterocycles. The lowest BCUT2D eigenvalue weighted by atomic mass is 9.91. The number of rotatable bonds is 9. The molecule has 0 bridgehead atoms. The zero-order valence-electron chi connectivity index (χ0n) is 15.6. The number of oxime groups is 1. The molecule has 1 unspecified atom stereocenters. The first kappa shape index (κ1) is 21.8. The van der Waals surface area contributed by atoms with Gasteiger partial charge in [-0.05, 0) is 38.0 Å². The van der Waals surface area contributed by atoms with Gasteiger partial charge in [0.15, 0.2) is 5.71 Å². The molecule has 1 aromatic carbocycles. The molecule has 0 amide bonds. The van der Waals surface area contributed by atoms with Crippen LogP contribution in [0.1, 0.15) is 19.4 Å². The maximum atomic E-state index is 12.1. The highest BCUT2D eigenvalue weighted by atomic mass is 32.2. The Balaban J connectivity index is 3.13. The Morgan fingerprint density at radius 3 is 2.19 bits per heavy atom. The average Bonchev–Trinajstić information content (AvgIpc) is 2.58. The summed E-state index contributed by atoms with van der Waals surface area (Å²) in [6.07, 6.45) is 0.165. The minimum Gasteiger partial charge on any atom is -0.461 e. The number of Topliss-reactive ketones (excluding diaryl/α,β-unsaturated/α-hetero) is 1. The lowest BCUT2D eigenvalue weighted by molar-refractivity contribution is -0.136. The molecule has 0 aliphatic carbocycles. The number of ketones is 1. The quantitative estimate of drug-likeness (QED) is 0.361. The Labute approximate surface area is 153 Å². The van der Waals surface area contributed by atoms with Crippen molar-refractivity contribution in [3.05, 3.63) is 29.8 Å². The molecule has 9 heteroatoms. The van der Waals surface area contributed by atoms with Crippen molar-refractivity contribution in [3.8, 4) is 0 Å². The monoisotopic (exact) mass is 384 g/mol. The Bertz CT molecular complexity index is 769. The van der Waals surface area contributed by atoms with Gasteiger partial charge in [-0.3, -0.25) is 4.79 Å². The van der Waals surface area contributed by atoms with Crippen LogP contribution in [0.4, 0.5) is 0 Å². The van der Waals surface area contributed by atoms with Gasteiger partial charge in [-0.2, -0.15) is 0 Å². The van der Waals surface area contributed by atoms with Crippen molar-refractivity contribution < 1.29 is 27.6 Å². The van der Waals surface area contributed by atoms with Crippen molar-refractivity contribution in [2.24, 2.45) is 11.1 Å². The highest BCUT2D eigenvalue weighted by molar-refractivity contribution is 7.89. The molecule has 0 aliphatic rings. The molecule has 0 spiro atoms. The fourth-order valence-electron chi connectivity index (χ4n) is 2.22. The van der Waals surface area contributed by atoms with Crippen molar-refractivity contribution in [1.29, 1.82) is 0 Å². The van der Waals surface area contributed by atoms with Gasteiger partial charge in [0, 0.05) is 14.1 Å². The van der Waals surface area contributed by atoms with E-state index in [1.165, 1.54) is 40.3 Å². The first-order valence-corrected chi connectivity index (χ1v) is 9.39. The molecule has 1 atom stereocenters. The number of carbonyl (C=O) groups is 2. The molecule has 0 aliphatic heterocycles. The highest BCUT2D eigenvalue weighted by Crippen LogP contribution is 2.18. The van der Waals surface area contributed by atoms with Gasteiger partial charge in [0.1, 0.15) is 12.9 Å². The molecule has 0 N–H and O–H groups in total. The number of hydrogen-bond acceptors (Lipinski definition) is 7. The van der Waals surface area contributed by atoms with Crippen molar-refractivity contribution in [2.75, 3.05) is 27.8 Å². The Morgan fingerprint density at radius 1 is 1.19 bits per heavy atom. The number of sulfonamides is 1. The third-order valence-electron chi connectivity index (χ3n) is 3.64. The molecular weight excluding hydrogens is 360 g/mol. The summed E-state index contributed by atoms with van der Waals surface area (Å²) in [4.78, 5) is 28.9. The summed E-state index contributed by atoms with van der Waals surface area (Å²) in [5.41, 5.74) is 0.558. The summed E-state index contributed by atoms with van der Waals surface area (Å²) in [5.74, 6) is -1.86.